The Labute approximate surface area is 108 Å². The summed E-state index contributed by atoms with van der Waals surface area (Å²) in [4.78, 5) is 11.9. The number of amides is 1. The van der Waals surface area contributed by atoms with Gasteiger partial charge in [-0.15, -0.1) is 12.4 Å². The van der Waals surface area contributed by atoms with Gasteiger partial charge in [-0.1, -0.05) is 6.42 Å². The lowest BCUT2D eigenvalue weighted by Gasteiger charge is -2.14. The van der Waals surface area contributed by atoms with Gasteiger partial charge in [0, 0.05) is 31.5 Å². The molecular weight excluding hydrogens is 240 g/mol. The van der Waals surface area contributed by atoms with Crippen molar-refractivity contribution >= 4 is 18.3 Å². The van der Waals surface area contributed by atoms with Crippen LogP contribution in [0.5, 0.6) is 0 Å². The maximum atomic E-state index is 11.9. The van der Waals surface area contributed by atoms with Gasteiger partial charge in [0.15, 0.2) is 0 Å². The zero-order valence-corrected chi connectivity index (χ0v) is 10.7. The summed E-state index contributed by atoms with van der Waals surface area (Å²) in [6.45, 7) is 2.11. The van der Waals surface area contributed by atoms with Crippen LogP contribution in [0.25, 0.3) is 0 Å². The average Bonchev–Trinajstić information content (AvgIpc) is 2.67. The third kappa shape index (κ3) is 2.44. The fourth-order valence-electron chi connectivity index (χ4n) is 3.49. The predicted molar refractivity (Wildman–Crippen MR) is 66.9 cm³/mol. The van der Waals surface area contributed by atoms with Crippen LogP contribution in [0.3, 0.4) is 0 Å². The van der Waals surface area contributed by atoms with Gasteiger partial charge in [0.05, 0.1) is 6.10 Å². The van der Waals surface area contributed by atoms with E-state index in [9.17, 15) is 9.90 Å². The highest BCUT2D eigenvalue weighted by Crippen LogP contribution is 2.57. The van der Waals surface area contributed by atoms with Gasteiger partial charge in [0.2, 0.25) is 5.91 Å². The summed E-state index contributed by atoms with van der Waals surface area (Å²) < 4.78 is 0. The molecule has 98 valence electrons. The second-order valence-electron chi connectivity index (χ2n) is 5.52. The maximum Gasteiger partial charge on any atom is 0.223 e. The van der Waals surface area contributed by atoms with Crippen molar-refractivity contribution in [2.24, 2.45) is 23.7 Å². The Bertz CT molecular complexity index is 290. The SMILES string of the molecule is Cl.O=C(NCC1CNCC1O)C1C2CCCC21. The van der Waals surface area contributed by atoms with Gasteiger partial charge in [0.1, 0.15) is 0 Å². The van der Waals surface area contributed by atoms with E-state index in [1.807, 2.05) is 0 Å². The molecule has 1 aliphatic heterocycles. The molecule has 2 aliphatic carbocycles. The van der Waals surface area contributed by atoms with E-state index >= 15 is 0 Å². The van der Waals surface area contributed by atoms with Gasteiger partial charge in [-0.25, -0.2) is 0 Å². The number of β-amino-alcohol motifs (C(OH)–C–C–N with tert-alkyl or cyclic N) is 1. The number of carbonyl (C=O) groups excluding carboxylic acids is 1. The van der Waals surface area contributed by atoms with Gasteiger partial charge in [-0.05, 0) is 24.7 Å². The number of rotatable bonds is 3. The number of fused-ring (bicyclic) bond motifs is 1. The van der Waals surface area contributed by atoms with Crippen molar-refractivity contribution in [3.8, 4) is 0 Å². The molecule has 0 aromatic carbocycles. The third-order valence-corrected chi connectivity index (χ3v) is 4.55. The highest BCUT2D eigenvalue weighted by molar-refractivity contribution is 5.85. The maximum absolute atomic E-state index is 11.9. The van der Waals surface area contributed by atoms with Gasteiger partial charge in [-0.2, -0.15) is 0 Å². The van der Waals surface area contributed by atoms with E-state index in [1.165, 1.54) is 19.3 Å². The Morgan fingerprint density at radius 3 is 2.59 bits per heavy atom. The summed E-state index contributed by atoms with van der Waals surface area (Å²) in [5.74, 6) is 2.11. The first-order valence-corrected chi connectivity index (χ1v) is 6.44. The standard InChI is InChI=1S/C12H20N2O2.ClH/c15-10-6-13-4-7(10)5-14-12(16)11-8-2-1-3-9(8)11;/h7-11,13,15H,1-6H2,(H,14,16);1H. The van der Waals surface area contributed by atoms with Crippen LogP contribution in [0.2, 0.25) is 0 Å². The molecule has 1 saturated heterocycles. The Morgan fingerprint density at radius 1 is 1.29 bits per heavy atom. The van der Waals surface area contributed by atoms with E-state index in [-0.39, 0.29) is 30.3 Å². The number of aliphatic hydroxyl groups excluding tert-OH is 1. The van der Waals surface area contributed by atoms with Crippen molar-refractivity contribution in [2.45, 2.75) is 25.4 Å². The normalized spacial score (nSPS) is 42.8. The molecule has 2 saturated carbocycles. The van der Waals surface area contributed by atoms with Gasteiger partial charge >= 0.3 is 0 Å². The first-order valence-electron chi connectivity index (χ1n) is 6.44. The summed E-state index contributed by atoms with van der Waals surface area (Å²) in [5, 5.41) is 15.7. The predicted octanol–water partition coefficient (Wildman–Crippen LogP) is 0.151. The van der Waals surface area contributed by atoms with E-state index in [0.29, 0.717) is 30.8 Å². The molecule has 1 heterocycles. The largest absolute Gasteiger partial charge is 0.391 e. The van der Waals surface area contributed by atoms with Crippen LogP contribution >= 0.6 is 12.4 Å². The molecule has 4 atom stereocenters. The van der Waals surface area contributed by atoms with Crippen molar-refractivity contribution < 1.29 is 9.90 Å². The second-order valence-corrected chi connectivity index (χ2v) is 5.52. The highest BCUT2D eigenvalue weighted by Gasteiger charge is 2.56. The lowest BCUT2D eigenvalue weighted by atomic mass is 10.1. The molecule has 1 amide bonds. The minimum atomic E-state index is -0.293. The minimum Gasteiger partial charge on any atom is -0.391 e. The number of halogens is 1. The molecule has 3 aliphatic rings. The highest BCUT2D eigenvalue weighted by atomic mass is 35.5. The lowest BCUT2D eigenvalue weighted by molar-refractivity contribution is -0.123. The van der Waals surface area contributed by atoms with Crippen LogP contribution in [0.15, 0.2) is 0 Å². The number of hydrogen-bond acceptors (Lipinski definition) is 3. The number of aliphatic hydroxyl groups is 1. The molecule has 3 fully saturated rings. The summed E-state index contributed by atoms with van der Waals surface area (Å²) in [6, 6.07) is 0. The van der Waals surface area contributed by atoms with E-state index in [4.69, 9.17) is 0 Å². The minimum absolute atomic E-state index is 0. The van der Waals surface area contributed by atoms with Crippen LogP contribution in [0.4, 0.5) is 0 Å². The quantitative estimate of drug-likeness (QED) is 0.677. The molecule has 5 heteroatoms. The van der Waals surface area contributed by atoms with E-state index in [1.54, 1.807) is 0 Å². The Hall–Kier alpha value is -0.320. The smallest absolute Gasteiger partial charge is 0.223 e. The summed E-state index contributed by atoms with van der Waals surface area (Å²) in [7, 11) is 0. The number of carbonyl (C=O) groups is 1. The van der Waals surface area contributed by atoms with Crippen molar-refractivity contribution in [2.75, 3.05) is 19.6 Å². The van der Waals surface area contributed by atoms with E-state index < -0.39 is 0 Å². The Balaban J connectivity index is 0.00000108. The third-order valence-electron chi connectivity index (χ3n) is 4.55. The zero-order chi connectivity index (χ0) is 11.1. The van der Waals surface area contributed by atoms with Crippen LogP contribution < -0.4 is 10.6 Å². The van der Waals surface area contributed by atoms with Crippen LogP contribution in [-0.4, -0.2) is 36.8 Å². The monoisotopic (exact) mass is 260 g/mol. The topological polar surface area (TPSA) is 61.4 Å². The van der Waals surface area contributed by atoms with Crippen molar-refractivity contribution in [1.29, 1.82) is 0 Å². The second kappa shape index (κ2) is 5.12. The summed E-state index contributed by atoms with van der Waals surface area (Å²) in [5.41, 5.74) is 0. The first-order chi connectivity index (χ1) is 7.77. The average molecular weight is 261 g/mol. The molecule has 0 radical (unpaired) electrons. The van der Waals surface area contributed by atoms with Crippen molar-refractivity contribution in [1.82, 2.24) is 10.6 Å². The Kier molecular flexibility index (Phi) is 3.95. The van der Waals surface area contributed by atoms with Crippen molar-refractivity contribution in [3.63, 3.8) is 0 Å². The molecule has 0 aromatic rings. The fraction of sp³-hybridized carbons (Fsp3) is 0.917. The lowest BCUT2D eigenvalue weighted by Crippen LogP contribution is -2.35. The summed E-state index contributed by atoms with van der Waals surface area (Å²) >= 11 is 0. The molecule has 0 bridgehead atoms. The van der Waals surface area contributed by atoms with Gasteiger partial charge < -0.3 is 15.7 Å². The molecule has 0 spiro atoms. The molecule has 4 unspecified atom stereocenters. The zero-order valence-electron chi connectivity index (χ0n) is 9.89. The molecule has 4 nitrogen and oxygen atoms in total. The number of hydrogen-bond donors (Lipinski definition) is 3. The van der Waals surface area contributed by atoms with Crippen LogP contribution in [0.1, 0.15) is 19.3 Å². The van der Waals surface area contributed by atoms with Crippen molar-refractivity contribution in [3.05, 3.63) is 0 Å². The number of nitrogens with one attached hydrogen (secondary N) is 2. The Morgan fingerprint density at radius 2 is 2.00 bits per heavy atom. The summed E-state index contributed by atoms with van der Waals surface area (Å²) in [6.07, 6.45) is 3.51. The molecule has 0 aromatic heterocycles. The molecular formula is C12H21ClN2O2. The fourth-order valence-corrected chi connectivity index (χ4v) is 3.49. The van der Waals surface area contributed by atoms with Gasteiger partial charge in [-0.3, -0.25) is 4.79 Å². The molecule has 3 N–H and O–H groups in total. The van der Waals surface area contributed by atoms with Crippen LogP contribution in [0, 0.1) is 23.7 Å². The first kappa shape index (κ1) is 13.1. The van der Waals surface area contributed by atoms with E-state index in [0.717, 1.165) is 6.54 Å². The van der Waals surface area contributed by atoms with Crippen LogP contribution in [-0.2, 0) is 4.79 Å². The molecule has 17 heavy (non-hydrogen) atoms. The van der Waals surface area contributed by atoms with E-state index in [2.05, 4.69) is 10.6 Å². The molecule has 3 rings (SSSR count). The van der Waals surface area contributed by atoms with Gasteiger partial charge in [0.25, 0.3) is 0 Å².